The van der Waals surface area contributed by atoms with E-state index in [4.69, 9.17) is 5.26 Å². The molecule has 2 rings (SSSR count). The first kappa shape index (κ1) is 14.1. The number of nitrogens with one attached hydrogen (secondary N) is 2. The van der Waals surface area contributed by atoms with Gasteiger partial charge in [0, 0.05) is 17.2 Å². The number of halogens is 1. The summed E-state index contributed by atoms with van der Waals surface area (Å²) >= 11 is 3.33. The molecule has 2 aromatic rings. The molecule has 1 amide bonds. The Balaban J connectivity index is 2.33. The van der Waals surface area contributed by atoms with Crippen molar-refractivity contribution in [1.82, 2.24) is 0 Å². The molecule has 0 radical (unpaired) electrons. The Morgan fingerprint density at radius 2 is 1.95 bits per heavy atom. The van der Waals surface area contributed by atoms with Crippen LogP contribution in [0.4, 0.5) is 11.4 Å². The van der Waals surface area contributed by atoms with Crippen molar-refractivity contribution < 1.29 is 4.79 Å². The number of amides is 1. The lowest BCUT2D eigenvalue weighted by Gasteiger charge is -2.11. The van der Waals surface area contributed by atoms with E-state index >= 15 is 0 Å². The number of hydrogen-bond donors (Lipinski definition) is 2. The summed E-state index contributed by atoms with van der Waals surface area (Å²) in [4.78, 5) is 12.3. The highest BCUT2D eigenvalue weighted by Gasteiger charge is 2.12. The van der Waals surface area contributed by atoms with E-state index in [-0.39, 0.29) is 5.91 Å². The Kier molecular flexibility index (Phi) is 4.38. The summed E-state index contributed by atoms with van der Waals surface area (Å²) in [6.45, 7) is 0. The third-order valence-electron chi connectivity index (χ3n) is 2.79. The summed E-state index contributed by atoms with van der Waals surface area (Å²) < 4.78 is 0.800. The molecule has 4 nitrogen and oxygen atoms in total. The minimum absolute atomic E-state index is 0.260. The van der Waals surface area contributed by atoms with Gasteiger partial charge in [-0.05, 0) is 30.3 Å². The SMILES string of the molecule is CNc1ccccc1C(=O)Nc1cc(Br)ccc1C#N. The van der Waals surface area contributed by atoms with Gasteiger partial charge in [0.15, 0.2) is 0 Å². The van der Waals surface area contributed by atoms with Crippen LogP contribution in [0.15, 0.2) is 46.9 Å². The Hall–Kier alpha value is -2.32. The Labute approximate surface area is 125 Å². The Morgan fingerprint density at radius 3 is 2.65 bits per heavy atom. The maximum Gasteiger partial charge on any atom is 0.257 e. The molecule has 0 atom stereocenters. The Morgan fingerprint density at radius 1 is 1.20 bits per heavy atom. The average molecular weight is 330 g/mol. The minimum Gasteiger partial charge on any atom is -0.387 e. The fourth-order valence-corrected chi connectivity index (χ4v) is 2.17. The molecule has 0 spiro atoms. The van der Waals surface area contributed by atoms with Crippen molar-refractivity contribution >= 4 is 33.2 Å². The van der Waals surface area contributed by atoms with Gasteiger partial charge in [-0.15, -0.1) is 0 Å². The van der Waals surface area contributed by atoms with Gasteiger partial charge in [0.25, 0.3) is 5.91 Å². The predicted octanol–water partition coefficient (Wildman–Crippen LogP) is 3.61. The second kappa shape index (κ2) is 6.22. The molecule has 0 aliphatic rings. The van der Waals surface area contributed by atoms with Crippen LogP contribution in [0.2, 0.25) is 0 Å². The van der Waals surface area contributed by atoms with Gasteiger partial charge in [-0.25, -0.2) is 0 Å². The molecular formula is C15H12BrN3O. The Bertz CT molecular complexity index is 692. The van der Waals surface area contributed by atoms with Gasteiger partial charge in [0.1, 0.15) is 6.07 Å². The van der Waals surface area contributed by atoms with E-state index in [1.54, 1.807) is 37.4 Å². The lowest BCUT2D eigenvalue weighted by atomic mass is 10.1. The van der Waals surface area contributed by atoms with Crippen LogP contribution in [0.1, 0.15) is 15.9 Å². The first-order valence-corrected chi connectivity index (χ1v) is 6.73. The fraction of sp³-hybridized carbons (Fsp3) is 0.0667. The van der Waals surface area contributed by atoms with Gasteiger partial charge in [0.05, 0.1) is 16.8 Å². The first-order valence-electron chi connectivity index (χ1n) is 5.93. The van der Waals surface area contributed by atoms with E-state index < -0.39 is 0 Å². The number of benzene rings is 2. The molecule has 0 fully saturated rings. The van der Waals surface area contributed by atoms with Crippen molar-refractivity contribution in [2.45, 2.75) is 0 Å². The monoisotopic (exact) mass is 329 g/mol. The topological polar surface area (TPSA) is 64.9 Å². The first-order chi connectivity index (χ1) is 9.65. The number of rotatable bonds is 3. The molecule has 2 aromatic carbocycles. The summed E-state index contributed by atoms with van der Waals surface area (Å²) in [5, 5.41) is 14.8. The van der Waals surface area contributed by atoms with Crippen molar-refractivity contribution in [3.63, 3.8) is 0 Å². The van der Waals surface area contributed by atoms with E-state index in [1.807, 2.05) is 12.1 Å². The molecule has 0 unspecified atom stereocenters. The number of hydrogen-bond acceptors (Lipinski definition) is 3. The maximum atomic E-state index is 12.3. The minimum atomic E-state index is -0.260. The van der Waals surface area contributed by atoms with Crippen LogP contribution in [0, 0.1) is 11.3 Å². The molecule has 0 heterocycles. The largest absolute Gasteiger partial charge is 0.387 e. The van der Waals surface area contributed by atoms with Crippen molar-refractivity contribution in [2.24, 2.45) is 0 Å². The molecule has 5 heteroatoms. The molecule has 20 heavy (non-hydrogen) atoms. The molecule has 0 saturated carbocycles. The van der Waals surface area contributed by atoms with Crippen molar-refractivity contribution in [1.29, 1.82) is 5.26 Å². The van der Waals surface area contributed by atoms with Gasteiger partial charge >= 0.3 is 0 Å². The van der Waals surface area contributed by atoms with Crippen LogP contribution in [-0.4, -0.2) is 13.0 Å². The molecule has 100 valence electrons. The molecular weight excluding hydrogens is 318 g/mol. The summed E-state index contributed by atoms with van der Waals surface area (Å²) in [7, 11) is 1.76. The average Bonchev–Trinajstić information content (AvgIpc) is 2.47. The molecule has 0 aliphatic heterocycles. The summed E-state index contributed by atoms with van der Waals surface area (Å²) in [5.41, 5.74) is 2.17. The van der Waals surface area contributed by atoms with E-state index in [1.165, 1.54) is 0 Å². The molecule has 0 aromatic heterocycles. The maximum absolute atomic E-state index is 12.3. The zero-order valence-electron chi connectivity index (χ0n) is 10.8. The van der Waals surface area contributed by atoms with Crippen molar-refractivity contribution in [3.05, 3.63) is 58.1 Å². The molecule has 0 saturated heterocycles. The van der Waals surface area contributed by atoms with Gasteiger partial charge in [-0.3, -0.25) is 4.79 Å². The van der Waals surface area contributed by atoms with Crippen molar-refractivity contribution in [2.75, 3.05) is 17.7 Å². The van der Waals surface area contributed by atoms with Crippen LogP contribution in [0.25, 0.3) is 0 Å². The quantitative estimate of drug-likeness (QED) is 0.903. The van der Waals surface area contributed by atoms with Gasteiger partial charge in [-0.2, -0.15) is 5.26 Å². The second-order valence-corrected chi connectivity index (χ2v) is 4.97. The number of nitriles is 1. The third-order valence-corrected chi connectivity index (χ3v) is 3.28. The zero-order chi connectivity index (χ0) is 14.5. The number of carbonyl (C=O) groups excluding carboxylic acids is 1. The zero-order valence-corrected chi connectivity index (χ0v) is 12.4. The van der Waals surface area contributed by atoms with Gasteiger partial charge < -0.3 is 10.6 Å². The lowest BCUT2D eigenvalue weighted by molar-refractivity contribution is 0.102. The smallest absolute Gasteiger partial charge is 0.257 e. The molecule has 0 bridgehead atoms. The van der Waals surface area contributed by atoms with E-state index in [0.29, 0.717) is 16.8 Å². The highest BCUT2D eigenvalue weighted by Crippen LogP contribution is 2.23. The second-order valence-electron chi connectivity index (χ2n) is 4.05. The van der Waals surface area contributed by atoms with Gasteiger partial charge in [0.2, 0.25) is 0 Å². The van der Waals surface area contributed by atoms with Gasteiger partial charge in [-0.1, -0.05) is 28.1 Å². The highest BCUT2D eigenvalue weighted by molar-refractivity contribution is 9.10. The van der Waals surface area contributed by atoms with Crippen molar-refractivity contribution in [3.8, 4) is 6.07 Å². The highest BCUT2D eigenvalue weighted by atomic mass is 79.9. The standard InChI is InChI=1S/C15H12BrN3O/c1-18-13-5-3-2-4-12(13)15(20)19-14-8-11(16)7-6-10(14)9-17/h2-8,18H,1H3,(H,19,20). The molecule has 2 N–H and O–H groups in total. The summed E-state index contributed by atoms with van der Waals surface area (Å²) in [6.07, 6.45) is 0. The normalized spacial score (nSPS) is 9.65. The van der Waals surface area contributed by atoms with Crippen LogP contribution in [-0.2, 0) is 0 Å². The number of anilines is 2. The van der Waals surface area contributed by atoms with Crippen LogP contribution in [0.5, 0.6) is 0 Å². The van der Waals surface area contributed by atoms with Crippen LogP contribution >= 0.6 is 15.9 Å². The number of carbonyl (C=O) groups is 1. The fourth-order valence-electron chi connectivity index (χ4n) is 1.81. The van der Waals surface area contributed by atoms with Crippen LogP contribution < -0.4 is 10.6 Å². The third kappa shape index (κ3) is 2.98. The van der Waals surface area contributed by atoms with E-state index in [9.17, 15) is 4.79 Å². The summed E-state index contributed by atoms with van der Waals surface area (Å²) in [5.74, 6) is -0.260. The number of para-hydroxylation sites is 1. The van der Waals surface area contributed by atoms with E-state index in [0.717, 1.165) is 10.2 Å². The lowest BCUT2D eigenvalue weighted by Crippen LogP contribution is -2.14. The van der Waals surface area contributed by atoms with E-state index in [2.05, 4.69) is 32.6 Å². The predicted molar refractivity (Wildman–Crippen MR) is 82.8 cm³/mol. The van der Waals surface area contributed by atoms with Crippen LogP contribution in [0.3, 0.4) is 0 Å². The number of nitrogens with zero attached hydrogens (tertiary/aromatic N) is 1. The summed E-state index contributed by atoms with van der Waals surface area (Å²) in [6, 6.07) is 14.4. The molecule has 0 aliphatic carbocycles.